The van der Waals surface area contributed by atoms with Crippen LogP contribution in [0.15, 0.2) is 54.2 Å². The Labute approximate surface area is 148 Å². The zero-order valence-electron chi connectivity index (χ0n) is 12.8. The van der Waals surface area contributed by atoms with Gasteiger partial charge in [-0.1, -0.05) is 11.6 Å². The summed E-state index contributed by atoms with van der Waals surface area (Å²) in [5, 5.41) is 5.77. The molecule has 0 fully saturated rings. The Morgan fingerprint density at radius 2 is 2.08 bits per heavy atom. The van der Waals surface area contributed by atoms with Gasteiger partial charge in [0.25, 0.3) is 5.91 Å². The fourth-order valence-electron chi connectivity index (χ4n) is 1.96. The summed E-state index contributed by atoms with van der Waals surface area (Å²) in [7, 11) is 0. The number of rotatable bonds is 5. The van der Waals surface area contributed by atoms with Gasteiger partial charge < -0.3 is 4.74 Å². The number of nitrogens with one attached hydrogen (secondary N) is 1. The van der Waals surface area contributed by atoms with Crippen molar-refractivity contribution in [2.75, 3.05) is 5.32 Å². The molecule has 7 heteroatoms. The number of amides is 1. The molecule has 24 heavy (non-hydrogen) atoms. The molecule has 5 nitrogen and oxygen atoms in total. The largest absolute Gasteiger partial charge is 0.481 e. The molecule has 2 aromatic heterocycles. The Bertz CT molecular complexity index is 821. The third kappa shape index (κ3) is 4.10. The second kappa shape index (κ2) is 7.42. The van der Waals surface area contributed by atoms with E-state index in [-0.39, 0.29) is 5.91 Å². The predicted octanol–water partition coefficient (Wildman–Crippen LogP) is 4.26. The predicted molar refractivity (Wildman–Crippen MR) is 95.5 cm³/mol. The van der Waals surface area contributed by atoms with Crippen molar-refractivity contribution in [3.05, 3.63) is 59.2 Å². The fraction of sp³-hybridized carbons (Fsp3) is 0.118. The van der Waals surface area contributed by atoms with Gasteiger partial charge in [0.2, 0.25) is 0 Å². The Hall–Kier alpha value is -2.44. The molecule has 1 N–H and O–H groups in total. The van der Waals surface area contributed by atoms with Gasteiger partial charge in [0, 0.05) is 28.4 Å². The molecule has 0 saturated carbocycles. The number of ether oxygens (including phenoxy) is 1. The number of aromatic nitrogens is 2. The molecule has 0 unspecified atom stereocenters. The molecule has 1 atom stereocenters. The summed E-state index contributed by atoms with van der Waals surface area (Å²) in [6.45, 7) is 1.68. The Morgan fingerprint density at radius 1 is 1.29 bits per heavy atom. The molecule has 0 radical (unpaired) electrons. The number of hydrogen-bond donors (Lipinski definition) is 1. The Morgan fingerprint density at radius 3 is 2.79 bits per heavy atom. The summed E-state index contributed by atoms with van der Waals surface area (Å²) in [5.74, 6) is 0.314. The van der Waals surface area contributed by atoms with Gasteiger partial charge in [-0.3, -0.25) is 15.1 Å². The molecule has 0 aliphatic rings. The molecule has 2 heterocycles. The van der Waals surface area contributed by atoms with Gasteiger partial charge in [0.15, 0.2) is 11.2 Å². The molecule has 1 aromatic carbocycles. The van der Waals surface area contributed by atoms with Gasteiger partial charge in [0.1, 0.15) is 5.75 Å². The highest BCUT2D eigenvalue weighted by atomic mass is 35.5. The molecule has 3 rings (SSSR count). The van der Waals surface area contributed by atoms with E-state index >= 15 is 0 Å². The van der Waals surface area contributed by atoms with Crippen LogP contribution in [-0.2, 0) is 4.79 Å². The van der Waals surface area contributed by atoms with E-state index in [4.69, 9.17) is 16.3 Å². The first-order valence-corrected chi connectivity index (χ1v) is 8.46. The van der Waals surface area contributed by atoms with E-state index < -0.39 is 6.10 Å². The average molecular weight is 360 g/mol. The number of pyridine rings is 1. The molecule has 0 bridgehead atoms. The number of carbonyl (C=O) groups excluding carboxylic acids is 1. The zero-order valence-corrected chi connectivity index (χ0v) is 14.3. The van der Waals surface area contributed by atoms with Gasteiger partial charge in [-0.15, -0.1) is 11.3 Å². The number of anilines is 1. The second-order valence-electron chi connectivity index (χ2n) is 4.98. The lowest BCUT2D eigenvalue weighted by Crippen LogP contribution is -2.30. The van der Waals surface area contributed by atoms with E-state index in [2.05, 4.69) is 15.3 Å². The van der Waals surface area contributed by atoms with Gasteiger partial charge in [-0.25, -0.2) is 4.98 Å². The van der Waals surface area contributed by atoms with Crippen molar-refractivity contribution in [3.63, 3.8) is 0 Å². The van der Waals surface area contributed by atoms with E-state index in [1.807, 2.05) is 17.5 Å². The summed E-state index contributed by atoms with van der Waals surface area (Å²) < 4.78 is 5.59. The SMILES string of the molecule is C[C@@H](Oc1ccc(Cl)cc1)C(=O)Nc1nc(-c2cccnc2)cs1. The second-order valence-corrected chi connectivity index (χ2v) is 6.28. The third-order valence-electron chi connectivity index (χ3n) is 3.19. The van der Waals surface area contributed by atoms with Crippen LogP contribution in [0, 0.1) is 0 Å². The van der Waals surface area contributed by atoms with Crippen molar-refractivity contribution >= 4 is 34.0 Å². The van der Waals surface area contributed by atoms with Crippen LogP contribution in [0.5, 0.6) is 5.75 Å². The van der Waals surface area contributed by atoms with Crippen LogP contribution < -0.4 is 10.1 Å². The number of carbonyl (C=O) groups is 1. The minimum absolute atomic E-state index is 0.267. The summed E-state index contributed by atoms with van der Waals surface area (Å²) in [5.41, 5.74) is 1.68. The van der Waals surface area contributed by atoms with E-state index in [1.54, 1.807) is 43.6 Å². The quantitative estimate of drug-likeness (QED) is 0.739. The first kappa shape index (κ1) is 16.4. The normalized spacial score (nSPS) is 11.8. The monoisotopic (exact) mass is 359 g/mol. The molecule has 0 spiro atoms. The smallest absolute Gasteiger partial charge is 0.266 e. The number of thiazole rings is 1. The van der Waals surface area contributed by atoms with Crippen molar-refractivity contribution in [2.45, 2.75) is 13.0 Å². The van der Waals surface area contributed by atoms with Crippen LogP contribution in [-0.4, -0.2) is 22.0 Å². The number of hydrogen-bond acceptors (Lipinski definition) is 5. The third-order valence-corrected chi connectivity index (χ3v) is 4.20. The molecule has 0 aliphatic carbocycles. The summed E-state index contributed by atoms with van der Waals surface area (Å²) >= 11 is 7.18. The van der Waals surface area contributed by atoms with Crippen molar-refractivity contribution in [1.29, 1.82) is 0 Å². The minimum atomic E-state index is -0.656. The molecule has 0 aliphatic heterocycles. The minimum Gasteiger partial charge on any atom is -0.481 e. The van der Waals surface area contributed by atoms with E-state index in [0.717, 1.165) is 11.3 Å². The summed E-state index contributed by atoms with van der Waals surface area (Å²) in [6.07, 6.45) is 2.78. The average Bonchev–Trinajstić information content (AvgIpc) is 3.06. The lowest BCUT2D eigenvalue weighted by molar-refractivity contribution is -0.122. The van der Waals surface area contributed by atoms with Gasteiger partial charge in [0.05, 0.1) is 5.69 Å². The molecule has 1 amide bonds. The lowest BCUT2D eigenvalue weighted by Gasteiger charge is -2.13. The van der Waals surface area contributed by atoms with Gasteiger partial charge in [-0.2, -0.15) is 0 Å². The maximum Gasteiger partial charge on any atom is 0.266 e. The highest BCUT2D eigenvalue weighted by molar-refractivity contribution is 7.14. The number of benzene rings is 1. The van der Waals surface area contributed by atoms with Crippen molar-refractivity contribution in [3.8, 4) is 17.0 Å². The van der Waals surface area contributed by atoms with Crippen LogP contribution in [0.25, 0.3) is 11.3 Å². The Balaban J connectivity index is 1.62. The maximum absolute atomic E-state index is 12.2. The van der Waals surface area contributed by atoms with Gasteiger partial charge >= 0.3 is 0 Å². The first-order valence-electron chi connectivity index (χ1n) is 7.21. The summed E-state index contributed by atoms with van der Waals surface area (Å²) in [4.78, 5) is 20.7. The van der Waals surface area contributed by atoms with Crippen molar-refractivity contribution in [2.24, 2.45) is 0 Å². The van der Waals surface area contributed by atoms with Crippen LogP contribution in [0.2, 0.25) is 5.02 Å². The van der Waals surface area contributed by atoms with Crippen LogP contribution in [0.4, 0.5) is 5.13 Å². The Kier molecular flexibility index (Phi) is 5.08. The topological polar surface area (TPSA) is 64.1 Å². The van der Waals surface area contributed by atoms with Gasteiger partial charge in [-0.05, 0) is 43.3 Å². The standard InChI is InChI=1S/C17H14ClN3O2S/c1-11(23-14-6-4-13(18)5-7-14)16(22)21-17-20-15(10-24-17)12-3-2-8-19-9-12/h2-11H,1H3,(H,20,21,22)/t11-/m1/s1. The number of nitrogens with zero attached hydrogens (tertiary/aromatic N) is 2. The highest BCUT2D eigenvalue weighted by Gasteiger charge is 2.16. The van der Waals surface area contributed by atoms with E-state index in [9.17, 15) is 4.79 Å². The van der Waals surface area contributed by atoms with Crippen LogP contribution >= 0.6 is 22.9 Å². The van der Waals surface area contributed by atoms with Crippen molar-refractivity contribution in [1.82, 2.24) is 9.97 Å². The van der Waals surface area contributed by atoms with E-state index in [0.29, 0.717) is 15.9 Å². The molecular formula is C17H14ClN3O2S. The van der Waals surface area contributed by atoms with Crippen LogP contribution in [0.3, 0.4) is 0 Å². The van der Waals surface area contributed by atoms with Crippen molar-refractivity contribution < 1.29 is 9.53 Å². The molecular weight excluding hydrogens is 346 g/mol. The highest BCUT2D eigenvalue weighted by Crippen LogP contribution is 2.24. The fourth-order valence-corrected chi connectivity index (χ4v) is 2.80. The maximum atomic E-state index is 12.2. The van der Waals surface area contributed by atoms with Crippen LogP contribution in [0.1, 0.15) is 6.92 Å². The molecule has 3 aromatic rings. The zero-order chi connectivity index (χ0) is 16.9. The first-order chi connectivity index (χ1) is 11.6. The van der Waals surface area contributed by atoms with E-state index in [1.165, 1.54) is 11.3 Å². The molecule has 122 valence electrons. The molecule has 0 saturated heterocycles. The lowest BCUT2D eigenvalue weighted by atomic mass is 10.2. The number of halogens is 1. The summed E-state index contributed by atoms with van der Waals surface area (Å²) in [6, 6.07) is 10.6.